The van der Waals surface area contributed by atoms with E-state index in [1.54, 1.807) is 24.3 Å². The van der Waals surface area contributed by atoms with Crippen LogP contribution in [0.25, 0.3) is 11.1 Å². The van der Waals surface area contributed by atoms with Gasteiger partial charge in [-0.25, -0.2) is 4.68 Å². The Morgan fingerprint density at radius 3 is 2.67 bits per heavy atom. The minimum absolute atomic E-state index is 0.0124. The summed E-state index contributed by atoms with van der Waals surface area (Å²) in [6.07, 6.45) is 0.950. The number of benzene rings is 1. The van der Waals surface area contributed by atoms with Crippen LogP contribution < -0.4 is 0 Å². The molecule has 1 heterocycles. The molecule has 1 aromatic heterocycles. The van der Waals surface area contributed by atoms with Gasteiger partial charge in [-0.15, -0.1) is 0 Å². The molecule has 91 valence electrons. The van der Waals surface area contributed by atoms with E-state index in [1.807, 2.05) is 6.07 Å². The molecule has 2 rings (SSSR count). The zero-order valence-corrected chi connectivity index (χ0v) is 9.87. The van der Waals surface area contributed by atoms with Crippen LogP contribution in [0, 0.1) is 18.3 Å². The SMILES string of the molecule is [CH2]C(OC)n1ncc(-c2ccc(C#N)cc2)c1O. The summed E-state index contributed by atoms with van der Waals surface area (Å²) in [7, 11) is 1.49. The summed E-state index contributed by atoms with van der Waals surface area (Å²) < 4.78 is 6.27. The molecule has 0 aliphatic heterocycles. The lowest BCUT2D eigenvalue weighted by molar-refractivity contribution is 0.0653. The van der Waals surface area contributed by atoms with E-state index < -0.39 is 6.23 Å². The lowest BCUT2D eigenvalue weighted by Gasteiger charge is -2.10. The molecule has 0 aliphatic rings. The van der Waals surface area contributed by atoms with Crippen LogP contribution in [0.3, 0.4) is 0 Å². The zero-order chi connectivity index (χ0) is 13.1. The maximum Gasteiger partial charge on any atom is 0.219 e. The molecule has 5 heteroatoms. The second-order valence-electron chi connectivity index (χ2n) is 3.71. The summed E-state index contributed by atoms with van der Waals surface area (Å²) in [5, 5.41) is 22.8. The Kier molecular flexibility index (Phi) is 3.31. The van der Waals surface area contributed by atoms with Crippen LogP contribution >= 0.6 is 0 Å². The summed E-state index contributed by atoms with van der Waals surface area (Å²) in [5.74, 6) is -0.0124. The van der Waals surface area contributed by atoms with E-state index in [1.165, 1.54) is 18.0 Å². The molecule has 1 radical (unpaired) electrons. The fourth-order valence-electron chi connectivity index (χ4n) is 1.59. The van der Waals surface area contributed by atoms with Crippen LogP contribution in [0.4, 0.5) is 0 Å². The van der Waals surface area contributed by atoms with Crippen molar-refractivity contribution in [3.05, 3.63) is 42.9 Å². The van der Waals surface area contributed by atoms with E-state index in [0.29, 0.717) is 11.1 Å². The Bertz CT molecular complexity index is 581. The molecule has 5 nitrogen and oxygen atoms in total. The first-order valence-electron chi connectivity index (χ1n) is 5.30. The molecule has 1 N–H and O–H groups in total. The molecule has 2 aromatic rings. The van der Waals surface area contributed by atoms with E-state index in [4.69, 9.17) is 10.00 Å². The van der Waals surface area contributed by atoms with Gasteiger partial charge in [0.2, 0.25) is 5.88 Å². The maximum atomic E-state index is 10.0. The minimum Gasteiger partial charge on any atom is -0.493 e. The van der Waals surface area contributed by atoms with Gasteiger partial charge in [-0.05, 0) is 24.6 Å². The first-order chi connectivity index (χ1) is 8.67. The second kappa shape index (κ2) is 4.90. The highest BCUT2D eigenvalue weighted by molar-refractivity contribution is 5.68. The molecule has 1 aromatic carbocycles. The molecule has 0 saturated heterocycles. The summed E-state index contributed by atoms with van der Waals surface area (Å²) in [6.45, 7) is 3.70. The average Bonchev–Trinajstić information content (AvgIpc) is 2.80. The van der Waals surface area contributed by atoms with Gasteiger partial charge in [0.05, 0.1) is 23.4 Å². The van der Waals surface area contributed by atoms with Gasteiger partial charge in [0, 0.05) is 7.11 Å². The normalized spacial score (nSPS) is 12.1. The molecule has 1 atom stereocenters. The van der Waals surface area contributed by atoms with E-state index in [9.17, 15) is 5.11 Å². The summed E-state index contributed by atoms with van der Waals surface area (Å²) >= 11 is 0. The highest BCUT2D eigenvalue weighted by atomic mass is 16.5. The van der Waals surface area contributed by atoms with Crippen molar-refractivity contribution >= 4 is 0 Å². The summed E-state index contributed by atoms with van der Waals surface area (Å²) in [5.41, 5.74) is 1.92. The Labute approximate surface area is 105 Å². The van der Waals surface area contributed by atoms with Crippen molar-refractivity contribution in [1.82, 2.24) is 9.78 Å². The molecular weight excluding hydrogens is 230 g/mol. The first-order valence-corrected chi connectivity index (χ1v) is 5.30. The molecule has 0 aliphatic carbocycles. The van der Waals surface area contributed by atoms with Crippen LogP contribution in [0.15, 0.2) is 30.5 Å². The van der Waals surface area contributed by atoms with Crippen LogP contribution in [-0.4, -0.2) is 22.0 Å². The Balaban J connectivity index is 2.39. The van der Waals surface area contributed by atoms with Crippen molar-refractivity contribution in [1.29, 1.82) is 5.26 Å². The third-order valence-electron chi connectivity index (χ3n) is 2.64. The number of hydrogen-bond acceptors (Lipinski definition) is 4. The quantitative estimate of drug-likeness (QED) is 0.894. The molecule has 0 bridgehead atoms. The number of aromatic hydroxyl groups is 1. The Hall–Kier alpha value is -2.32. The lowest BCUT2D eigenvalue weighted by Crippen LogP contribution is -2.08. The van der Waals surface area contributed by atoms with Gasteiger partial charge in [-0.2, -0.15) is 10.4 Å². The first kappa shape index (κ1) is 12.1. The maximum absolute atomic E-state index is 10.0. The van der Waals surface area contributed by atoms with Crippen molar-refractivity contribution in [3.8, 4) is 23.1 Å². The standard InChI is InChI=1S/C13H12N3O2/c1-9(18-2)16-13(17)12(8-15-16)11-5-3-10(7-14)4-6-11/h3-6,8-9,17H,1H2,2H3. The summed E-state index contributed by atoms with van der Waals surface area (Å²) in [4.78, 5) is 0. The van der Waals surface area contributed by atoms with Crippen LogP contribution in [0.1, 0.15) is 11.8 Å². The molecule has 18 heavy (non-hydrogen) atoms. The monoisotopic (exact) mass is 242 g/mol. The van der Waals surface area contributed by atoms with Gasteiger partial charge in [-0.3, -0.25) is 0 Å². The van der Waals surface area contributed by atoms with Crippen LogP contribution in [0.5, 0.6) is 5.88 Å². The zero-order valence-electron chi connectivity index (χ0n) is 9.87. The Morgan fingerprint density at radius 1 is 1.44 bits per heavy atom. The van der Waals surface area contributed by atoms with Gasteiger partial charge >= 0.3 is 0 Å². The lowest BCUT2D eigenvalue weighted by atomic mass is 10.1. The van der Waals surface area contributed by atoms with Gasteiger partial charge < -0.3 is 9.84 Å². The van der Waals surface area contributed by atoms with Gasteiger partial charge in [0.1, 0.15) is 0 Å². The molecule has 0 spiro atoms. The molecule has 0 amide bonds. The molecule has 0 saturated carbocycles. The molecule has 0 fully saturated rings. The topological polar surface area (TPSA) is 71.1 Å². The van der Waals surface area contributed by atoms with Crippen molar-refractivity contribution in [2.45, 2.75) is 6.23 Å². The van der Waals surface area contributed by atoms with E-state index in [0.717, 1.165) is 5.56 Å². The fraction of sp³-hybridized carbons (Fsp3) is 0.154. The van der Waals surface area contributed by atoms with Gasteiger partial charge in [-0.1, -0.05) is 12.1 Å². The number of rotatable bonds is 3. The fourth-order valence-corrected chi connectivity index (χ4v) is 1.59. The largest absolute Gasteiger partial charge is 0.493 e. The average molecular weight is 242 g/mol. The number of hydrogen-bond donors (Lipinski definition) is 1. The van der Waals surface area contributed by atoms with E-state index in [-0.39, 0.29) is 5.88 Å². The second-order valence-corrected chi connectivity index (χ2v) is 3.71. The van der Waals surface area contributed by atoms with Crippen molar-refractivity contribution < 1.29 is 9.84 Å². The molecular formula is C13H12N3O2. The van der Waals surface area contributed by atoms with Crippen LogP contribution in [-0.2, 0) is 4.74 Å². The molecule has 1 unspecified atom stereocenters. The number of ether oxygens (including phenoxy) is 1. The van der Waals surface area contributed by atoms with E-state index in [2.05, 4.69) is 12.0 Å². The predicted octanol–water partition coefficient (Wildman–Crippen LogP) is 2.11. The smallest absolute Gasteiger partial charge is 0.219 e. The third kappa shape index (κ3) is 2.06. The number of aromatic nitrogens is 2. The number of nitriles is 1. The van der Waals surface area contributed by atoms with Crippen molar-refractivity contribution in [2.24, 2.45) is 0 Å². The third-order valence-corrected chi connectivity index (χ3v) is 2.64. The van der Waals surface area contributed by atoms with E-state index >= 15 is 0 Å². The number of methoxy groups -OCH3 is 1. The minimum atomic E-state index is -0.586. The highest BCUT2D eigenvalue weighted by Crippen LogP contribution is 2.30. The van der Waals surface area contributed by atoms with Gasteiger partial charge in [0.15, 0.2) is 6.23 Å². The highest BCUT2D eigenvalue weighted by Gasteiger charge is 2.15. The summed E-state index contributed by atoms with van der Waals surface area (Å²) in [6, 6.07) is 8.92. The number of nitrogens with zero attached hydrogens (tertiary/aromatic N) is 3. The Morgan fingerprint density at radius 2 is 2.11 bits per heavy atom. The van der Waals surface area contributed by atoms with Crippen LogP contribution in [0.2, 0.25) is 0 Å². The van der Waals surface area contributed by atoms with Crippen molar-refractivity contribution in [3.63, 3.8) is 0 Å². The predicted molar refractivity (Wildman–Crippen MR) is 65.4 cm³/mol. The van der Waals surface area contributed by atoms with Gasteiger partial charge in [0.25, 0.3) is 0 Å². The van der Waals surface area contributed by atoms with Crippen molar-refractivity contribution in [2.75, 3.05) is 7.11 Å².